The van der Waals surface area contributed by atoms with Gasteiger partial charge in [-0.05, 0) is 49.1 Å². The number of hydrogen-bond donors (Lipinski definition) is 3. The number of carbonyl (C=O) groups excluding carboxylic acids is 3. The third kappa shape index (κ3) is 4.29. The Balaban J connectivity index is 1.42. The second-order valence-corrected chi connectivity index (χ2v) is 12.7. The second kappa shape index (κ2) is 10.6. The highest BCUT2D eigenvalue weighted by molar-refractivity contribution is 8.02. The van der Waals surface area contributed by atoms with E-state index >= 15 is 0 Å². The minimum absolute atomic E-state index is 0.0820. The highest BCUT2D eigenvalue weighted by Crippen LogP contribution is 2.67. The number of amides is 3. The molecule has 0 radical (unpaired) electrons. The van der Waals surface area contributed by atoms with Crippen LogP contribution in [0.4, 0.5) is 11.4 Å². The summed E-state index contributed by atoms with van der Waals surface area (Å²) in [5.74, 6) is -2.14. The van der Waals surface area contributed by atoms with E-state index in [2.05, 4.69) is 10.6 Å². The molecule has 0 aromatic heterocycles. The number of aliphatic hydroxyl groups is 1. The molecule has 1 spiro atoms. The predicted octanol–water partition coefficient (Wildman–Crippen LogP) is 5.05. The van der Waals surface area contributed by atoms with Crippen molar-refractivity contribution in [3.8, 4) is 0 Å². The van der Waals surface area contributed by atoms with Gasteiger partial charge in [-0.2, -0.15) is 0 Å². The van der Waals surface area contributed by atoms with E-state index in [1.54, 1.807) is 22.7 Å². The molecule has 3 heterocycles. The molecular formula is C31H30ClN3O4S. The number of benzene rings is 3. The molecule has 6 atom stereocenters. The summed E-state index contributed by atoms with van der Waals surface area (Å²) in [5, 5.41) is 16.9. The van der Waals surface area contributed by atoms with E-state index in [0.717, 1.165) is 17.5 Å². The molecule has 206 valence electrons. The minimum Gasteiger partial charge on any atom is -0.394 e. The number of para-hydroxylation sites is 2. The van der Waals surface area contributed by atoms with Crippen molar-refractivity contribution in [3.63, 3.8) is 0 Å². The molecule has 9 heteroatoms. The van der Waals surface area contributed by atoms with Gasteiger partial charge in [0.2, 0.25) is 17.7 Å². The van der Waals surface area contributed by atoms with Crippen LogP contribution in [-0.4, -0.2) is 50.4 Å². The smallest absolute Gasteiger partial charge is 0.248 e. The third-order valence-electron chi connectivity index (χ3n) is 8.49. The molecule has 3 aromatic carbocycles. The number of thioether (sulfide) groups is 1. The number of halogens is 1. The Morgan fingerprint density at radius 1 is 1.02 bits per heavy atom. The quantitative estimate of drug-likeness (QED) is 0.366. The molecule has 3 amide bonds. The van der Waals surface area contributed by atoms with Crippen LogP contribution in [0.3, 0.4) is 0 Å². The van der Waals surface area contributed by atoms with Gasteiger partial charge in [0, 0.05) is 10.9 Å². The Bertz CT molecular complexity index is 1440. The lowest BCUT2D eigenvalue weighted by Crippen LogP contribution is -2.52. The van der Waals surface area contributed by atoms with Crippen LogP contribution in [0.5, 0.6) is 0 Å². The molecule has 3 aromatic rings. The maximum Gasteiger partial charge on any atom is 0.248 e. The van der Waals surface area contributed by atoms with Crippen LogP contribution in [0.1, 0.15) is 30.0 Å². The molecular weight excluding hydrogens is 546 g/mol. The number of nitrogens with zero attached hydrogens (tertiary/aromatic N) is 1. The summed E-state index contributed by atoms with van der Waals surface area (Å²) in [7, 11) is 0. The predicted molar refractivity (Wildman–Crippen MR) is 157 cm³/mol. The van der Waals surface area contributed by atoms with E-state index in [0.29, 0.717) is 22.8 Å². The second-order valence-electron chi connectivity index (χ2n) is 10.7. The zero-order valence-electron chi connectivity index (χ0n) is 21.9. The Labute approximate surface area is 242 Å². The normalized spacial score (nSPS) is 27.4. The van der Waals surface area contributed by atoms with Crippen LogP contribution in [0.15, 0.2) is 78.9 Å². The number of nitrogens with one attached hydrogen (secondary N) is 2. The van der Waals surface area contributed by atoms with Crippen molar-refractivity contribution < 1.29 is 19.5 Å². The first-order chi connectivity index (χ1) is 19.4. The molecule has 0 saturated carbocycles. The largest absolute Gasteiger partial charge is 0.394 e. The monoisotopic (exact) mass is 575 g/mol. The van der Waals surface area contributed by atoms with E-state index in [4.69, 9.17) is 11.6 Å². The van der Waals surface area contributed by atoms with Crippen LogP contribution < -0.4 is 10.6 Å². The standard InChI is InChI=1S/C31H30ClN3O4S/c1-18-9-8-14-21(32)26(18)34-29(38)27-31-16-15-23(40-31)24(28(37)33-20-12-6-3-7-13-20)25(31)30(39)35(27)22(17-36)19-10-4-2-5-11-19/h2-14,22-25,27,36H,15-17H2,1H3,(H,33,37)(H,34,38)/t22-,23+,24-,25+,27?,31?/m1/s1. The Hall–Kier alpha value is -3.33. The number of hydrogen-bond acceptors (Lipinski definition) is 5. The van der Waals surface area contributed by atoms with E-state index in [1.165, 1.54) is 0 Å². The zero-order chi connectivity index (χ0) is 28.0. The molecule has 3 aliphatic rings. The molecule has 40 heavy (non-hydrogen) atoms. The highest BCUT2D eigenvalue weighted by Gasteiger charge is 2.74. The van der Waals surface area contributed by atoms with Gasteiger partial charge in [-0.25, -0.2) is 0 Å². The van der Waals surface area contributed by atoms with E-state index < -0.39 is 28.7 Å². The fourth-order valence-corrected chi connectivity index (χ4v) is 9.26. The molecule has 3 aliphatic heterocycles. The number of rotatable bonds is 7. The van der Waals surface area contributed by atoms with Crippen molar-refractivity contribution in [2.45, 2.75) is 41.8 Å². The minimum atomic E-state index is -0.900. The molecule has 3 saturated heterocycles. The van der Waals surface area contributed by atoms with Gasteiger partial charge >= 0.3 is 0 Å². The summed E-state index contributed by atoms with van der Waals surface area (Å²) in [6.45, 7) is 1.50. The summed E-state index contributed by atoms with van der Waals surface area (Å²) >= 11 is 8.05. The number of fused-ring (bicyclic) bond motifs is 1. The van der Waals surface area contributed by atoms with Crippen LogP contribution in [0, 0.1) is 18.8 Å². The van der Waals surface area contributed by atoms with Crippen LogP contribution in [0.2, 0.25) is 5.02 Å². The lowest BCUT2D eigenvalue weighted by Gasteiger charge is -2.37. The summed E-state index contributed by atoms with van der Waals surface area (Å²) in [6, 6.07) is 22.2. The van der Waals surface area contributed by atoms with E-state index in [1.807, 2.05) is 79.7 Å². The Kier molecular flexibility index (Phi) is 7.10. The first kappa shape index (κ1) is 26.9. The van der Waals surface area contributed by atoms with Gasteiger partial charge < -0.3 is 20.6 Å². The number of carbonyl (C=O) groups is 3. The average molecular weight is 576 g/mol. The zero-order valence-corrected chi connectivity index (χ0v) is 23.5. The molecule has 0 aliphatic carbocycles. The summed E-state index contributed by atoms with van der Waals surface area (Å²) < 4.78 is -0.804. The summed E-state index contributed by atoms with van der Waals surface area (Å²) in [4.78, 5) is 43.9. The molecule has 6 rings (SSSR count). The number of aliphatic hydroxyl groups excluding tert-OH is 1. The summed E-state index contributed by atoms with van der Waals surface area (Å²) in [6.07, 6.45) is 1.34. The maximum atomic E-state index is 14.4. The lowest BCUT2D eigenvalue weighted by molar-refractivity contribution is -0.141. The van der Waals surface area contributed by atoms with Crippen molar-refractivity contribution in [2.24, 2.45) is 11.8 Å². The maximum absolute atomic E-state index is 14.4. The van der Waals surface area contributed by atoms with E-state index in [9.17, 15) is 19.5 Å². The van der Waals surface area contributed by atoms with Crippen molar-refractivity contribution in [1.29, 1.82) is 0 Å². The van der Waals surface area contributed by atoms with Crippen molar-refractivity contribution in [3.05, 3.63) is 95.0 Å². The van der Waals surface area contributed by atoms with E-state index in [-0.39, 0.29) is 29.6 Å². The van der Waals surface area contributed by atoms with Crippen molar-refractivity contribution in [1.82, 2.24) is 4.90 Å². The molecule has 2 unspecified atom stereocenters. The van der Waals surface area contributed by atoms with Gasteiger partial charge in [-0.15, -0.1) is 11.8 Å². The average Bonchev–Trinajstić information content (AvgIpc) is 3.60. The number of anilines is 2. The SMILES string of the molecule is Cc1cccc(Cl)c1NC(=O)C1N([C@H](CO)c2ccccc2)C(=O)[C@@H]2[C@H](C(=O)Nc3ccccc3)[C@@H]3CCC12S3. The molecule has 3 N–H and O–H groups in total. The summed E-state index contributed by atoms with van der Waals surface area (Å²) in [5.41, 5.74) is 2.69. The number of likely N-dealkylation sites (tertiary alicyclic amines) is 1. The Morgan fingerprint density at radius 2 is 1.73 bits per heavy atom. The van der Waals surface area contributed by atoms with Crippen LogP contribution in [0.25, 0.3) is 0 Å². The Morgan fingerprint density at radius 3 is 2.40 bits per heavy atom. The fraction of sp³-hybridized carbons (Fsp3) is 0.323. The van der Waals surface area contributed by atoms with Gasteiger partial charge in [0.25, 0.3) is 0 Å². The first-order valence-electron chi connectivity index (χ1n) is 13.4. The van der Waals surface area contributed by atoms with Crippen LogP contribution >= 0.6 is 23.4 Å². The highest BCUT2D eigenvalue weighted by atomic mass is 35.5. The molecule has 3 fully saturated rings. The fourth-order valence-electron chi connectivity index (χ4n) is 6.78. The number of aryl methyl sites for hydroxylation is 1. The lowest BCUT2D eigenvalue weighted by atomic mass is 9.70. The van der Waals surface area contributed by atoms with Gasteiger partial charge in [-0.1, -0.05) is 72.3 Å². The third-order valence-corrected chi connectivity index (χ3v) is 10.8. The van der Waals surface area contributed by atoms with Crippen molar-refractivity contribution >= 4 is 52.5 Å². The van der Waals surface area contributed by atoms with Gasteiger partial charge in [0.1, 0.15) is 6.04 Å². The molecule has 2 bridgehead atoms. The first-order valence-corrected chi connectivity index (χ1v) is 14.7. The van der Waals surface area contributed by atoms with Crippen LogP contribution in [-0.2, 0) is 14.4 Å². The van der Waals surface area contributed by atoms with Gasteiger partial charge in [0.05, 0.1) is 39.9 Å². The molecule has 7 nitrogen and oxygen atoms in total. The van der Waals surface area contributed by atoms with Gasteiger partial charge in [-0.3, -0.25) is 14.4 Å². The van der Waals surface area contributed by atoms with Gasteiger partial charge in [0.15, 0.2) is 0 Å². The topological polar surface area (TPSA) is 98.7 Å². The van der Waals surface area contributed by atoms with Crippen molar-refractivity contribution in [2.75, 3.05) is 17.2 Å².